The van der Waals surface area contributed by atoms with Crippen LogP contribution in [-0.2, 0) is 35.2 Å². The first kappa shape index (κ1) is 31.0. The van der Waals surface area contributed by atoms with E-state index in [1.54, 1.807) is 44.2 Å². The van der Waals surface area contributed by atoms with Crippen LogP contribution >= 0.6 is 0 Å². The average molecular weight is 523 g/mol. The van der Waals surface area contributed by atoms with Gasteiger partial charge in [-0.15, -0.1) is 0 Å². The molecular formula is C24H34N4O9. The molecule has 13 heteroatoms. The molecule has 8 N–H and O–H groups in total. The van der Waals surface area contributed by atoms with Gasteiger partial charge in [-0.2, -0.15) is 0 Å². The van der Waals surface area contributed by atoms with Gasteiger partial charge in [0.1, 0.15) is 18.1 Å². The fraction of sp³-hybridized carbons (Fsp3) is 0.500. The maximum Gasteiger partial charge on any atom is 0.326 e. The molecule has 204 valence electrons. The molecule has 0 saturated heterocycles. The van der Waals surface area contributed by atoms with E-state index < -0.39 is 78.6 Å². The third kappa shape index (κ3) is 11.1. The van der Waals surface area contributed by atoms with Gasteiger partial charge in [-0.1, -0.05) is 50.6 Å². The number of aliphatic carboxylic acids is 3. The van der Waals surface area contributed by atoms with Crippen LogP contribution in [0.3, 0.4) is 0 Å². The lowest BCUT2D eigenvalue weighted by Crippen LogP contribution is -2.59. The minimum absolute atomic E-state index is 0.165. The molecule has 1 aromatic carbocycles. The topological polar surface area (TPSA) is 225 Å². The highest BCUT2D eigenvalue weighted by atomic mass is 16.4. The second kappa shape index (κ2) is 15.2. The van der Waals surface area contributed by atoms with Crippen LogP contribution in [0.25, 0.3) is 0 Å². The molecule has 0 radical (unpaired) electrons. The second-order valence-electron chi connectivity index (χ2n) is 8.66. The van der Waals surface area contributed by atoms with Crippen molar-refractivity contribution in [2.45, 2.75) is 70.1 Å². The van der Waals surface area contributed by atoms with Gasteiger partial charge in [0.05, 0.1) is 12.5 Å². The van der Waals surface area contributed by atoms with Crippen molar-refractivity contribution in [3.8, 4) is 0 Å². The van der Waals surface area contributed by atoms with Crippen LogP contribution in [0.2, 0.25) is 0 Å². The lowest BCUT2D eigenvalue weighted by Gasteiger charge is -2.28. The van der Waals surface area contributed by atoms with Crippen molar-refractivity contribution in [3.05, 3.63) is 35.9 Å². The molecule has 3 amide bonds. The Balaban J connectivity index is 3.03. The lowest BCUT2D eigenvalue weighted by molar-refractivity contribution is -0.147. The Kier molecular flexibility index (Phi) is 12.7. The summed E-state index contributed by atoms with van der Waals surface area (Å²) in [5, 5.41) is 34.2. The van der Waals surface area contributed by atoms with Gasteiger partial charge in [-0.3, -0.25) is 24.0 Å². The van der Waals surface area contributed by atoms with E-state index in [4.69, 9.17) is 15.9 Å². The summed E-state index contributed by atoms with van der Waals surface area (Å²) in [6.07, 6.45) is -1.09. The van der Waals surface area contributed by atoms with E-state index in [9.17, 15) is 33.9 Å². The summed E-state index contributed by atoms with van der Waals surface area (Å²) in [4.78, 5) is 71.9. The van der Waals surface area contributed by atoms with E-state index in [1.165, 1.54) is 0 Å². The molecule has 0 bridgehead atoms. The third-order valence-electron chi connectivity index (χ3n) is 5.70. The summed E-state index contributed by atoms with van der Waals surface area (Å²) in [5.41, 5.74) is 6.75. The number of hydrogen-bond donors (Lipinski definition) is 7. The van der Waals surface area contributed by atoms with E-state index in [0.717, 1.165) is 5.56 Å². The average Bonchev–Trinajstić information content (AvgIpc) is 2.83. The highest BCUT2D eigenvalue weighted by Gasteiger charge is 2.33. The highest BCUT2D eigenvalue weighted by molar-refractivity contribution is 5.95. The van der Waals surface area contributed by atoms with Gasteiger partial charge in [0, 0.05) is 6.42 Å². The molecular weight excluding hydrogens is 488 g/mol. The maximum atomic E-state index is 13.1. The quantitative estimate of drug-likeness (QED) is 0.147. The van der Waals surface area contributed by atoms with Crippen LogP contribution in [0.5, 0.6) is 0 Å². The standard InChI is InChI=1S/C24H34N4O9/c1-3-13(2)20(23(35)27-17(24(36)37)12-19(31)32)28-22(34)16(9-10-18(29)30)26-21(33)15(25)11-14-7-5-4-6-8-14/h4-8,13,15-17,20H,3,9-12,25H2,1-2H3,(H,26,33)(H,27,35)(H,28,34)(H,29,30)(H,31,32)(H,36,37). The minimum atomic E-state index is -1.73. The number of carboxylic acid groups (broad SMARTS) is 3. The number of carboxylic acids is 3. The van der Waals surface area contributed by atoms with Gasteiger partial charge >= 0.3 is 17.9 Å². The normalized spacial score (nSPS) is 14.8. The van der Waals surface area contributed by atoms with Gasteiger partial charge in [0.25, 0.3) is 0 Å². The number of nitrogens with one attached hydrogen (secondary N) is 3. The smallest absolute Gasteiger partial charge is 0.326 e. The lowest BCUT2D eigenvalue weighted by atomic mass is 9.97. The molecule has 5 unspecified atom stereocenters. The predicted octanol–water partition coefficient (Wildman–Crippen LogP) is -0.519. The summed E-state index contributed by atoms with van der Waals surface area (Å²) in [6, 6.07) is 3.48. The maximum absolute atomic E-state index is 13.1. The molecule has 1 rings (SSSR count). The Morgan fingerprint density at radius 2 is 1.43 bits per heavy atom. The molecule has 1 aromatic rings. The molecule has 0 fully saturated rings. The SMILES string of the molecule is CCC(C)C(NC(=O)C(CCC(=O)O)NC(=O)C(N)Cc1ccccc1)C(=O)NC(CC(=O)O)C(=O)O. The van der Waals surface area contributed by atoms with Crippen molar-refractivity contribution in [1.29, 1.82) is 0 Å². The zero-order valence-electron chi connectivity index (χ0n) is 20.7. The fourth-order valence-electron chi connectivity index (χ4n) is 3.37. The first-order valence-electron chi connectivity index (χ1n) is 11.7. The van der Waals surface area contributed by atoms with Crippen molar-refractivity contribution in [1.82, 2.24) is 16.0 Å². The van der Waals surface area contributed by atoms with Crippen LogP contribution < -0.4 is 21.7 Å². The molecule has 37 heavy (non-hydrogen) atoms. The van der Waals surface area contributed by atoms with Crippen molar-refractivity contribution in [2.24, 2.45) is 11.7 Å². The van der Waals surface area contributed by atoms with E-state index in [1.807, 2.05) is 0 Å². The summed E-state index contributed by atoms with van der Waals surface area (Å²) < 4.78 is 0. The molecule has 5 atom stereocenters. The van der Waals surface area contributed by atoms with E-state index in [-0.39, 0.29) is 12.8 Å². The Hall–Kier alpha value is -4.00. The first-order valence-corrected chi connectivity index (χ1v) is 11.7. The van der Waals surface area contributed by atoms with Crippen LogP contribution in [0.4, 0.5) is 0 Å². The Labute approximate surface area is 213 Å². The monoisotopic (exact) mass is 522 g/mol. The van der Waals surface area contributed by atoms with Crippen molar-refractivity contribution < 1.29 is 44.1 Å². The van der Waals surface area contributed by atoms with E-state index in [0.29, 0.717) is 6.42 Å². The molecule has 0 aliphatic heterocycles. The summed E-state index contributed by atoms with van der Waals surface area (Å²) in [5.74, 6) is -7.24. The van der Waals surface area contributed by atoms with Gasteiger partial charge < -0.3 is 37.0 Å². The molecule has 0 aliphatic carbocycles. The summed E-state index contributed by atoms with van der Waals surface area (Å²) >= 11 is 0. The van der Waals surface area contributed by atoms with Crippen molar-refractivity contribution >= 4 is 35.6 Å². The van der Waals surface area contributed by atoms with Crippen LogP contribution in [0, 0.1) is 5.92 Å². The zero-order chi connectivity index (χ0) is 28.1. The third-order valence-corrected chi connectivity index (χ3v) is 5.70. The number of carbonyl (C=O) groups excluding carboxylic acids is 3. The number of hydrogen-bond acceptors (Lipinski definition) is 7. The van der Waals surface area contributed by atoms with Crippen LogP contribution in [0.15, 0.2) is 30.3 Å². The van der Waals surface area contributed by atoms with Gasteiger partial charge in [-0.25, -0.2) is 4.79 Å². The van der Waals surface area contributed by atoms with E-state index in [2.05, 4.69) is 16.0 Å². The largest absolute Gasteiger partial charge is 0.481 e. The van der Waals surface area contributed by atoms with Gasteiger partial charge in [-0.05, 0) is 24.3 Å². The highest BCUT2D eigenvalue weighted by Crippen LogP contribution is 2.11. The number of amides is 3. The van der Waals surface area contributed by atoms with Crippen molar-refractivity contribution in [3.63, 3.8) is 0 Å². The predicted molar refractivity (Wildman–Crippen MR) is 130 cm³/mol. The number of benzene rings is 1. The summed E-state index contributed by atoms with van der Waals surface area (Å²) in [7, 11) is 0. The van der Waals surface area contributed by atoms with E-state index >= 15 is 0 Å². The molecule has 0 heterocycles. The van der Waals surface area contributed by atoms with Crippen LogP contribution in [-0.4, -0.2) is 75.1 Å². The number of carbonyl (C=O) groups is 6. The Bertz CT molecular complexity index is 970. The second-order valence-corrected chi connectivity index (χ2v) is 8.66. The molecule has 0 aliphatic rings. The molecule has 0 saturated carbocycles. The Morgan fingerprint density at radius 1 is 0.838 bits per heavy atom. The van der Waals surface area contributed by atoms with Gasteiger partial charge in [0.15, 0.2) is 0 Å². The van der Waals surface area contributed by atoms with Crippen LogP contribution in [0.1, 0.15) is 45.1 Å². The first-order chi connectivity index (χ1) is 17.3. The summed E-state index contributed by atoms with van der Waals surface area (Å²) in [6.45, 7) is 3.33. The molecule has 0 spiro atoms. The number of nitrogens with two attached hydrogens (primary N) is 1. The fourth-order valence-corrected chi connectivity index (χ4v) is 3.37. The van der Waals surface area contributed by atoms with Crippen molar-refractivity contribution in [2.75, 3.05) is 0 Å². The minimum Gasteiger partial charge on any atom is -0.481 e. The van der Waals surface area contributed by atoms with Gasteiger partial charge in [0.2, 0.25) is 17.7 Å². The zero-order valence-corrected chi connectivity index (χ0v) is 20.7. The molecule has 0 aromatic heterocycles. The Morgan fingerprint density at radius 3 is 1.95 bits per heavy atom. The molecule has 13 nitrogen and oxygen atoms in total. The number of rotatable bonds is 16.